The molecule has 4 nitrogen and oxygen atoms in total. The van der Waals surface area contributed by atoms with Crippen molar-refractivity contribution in [1.82, 2.24) is 4.90 Å². The van der Waals surface area contributed by atoms with Crippen LogP contribution in [0, 0.1) is 0 Å². The molecule has 1 aromatic carbocycles. The summed E-state index contributed by atoms with van der Waals surface area (Å²) in [5.74, 6) is 0.643. The second-order valence-electron chi connectivity index (χ2n) is 5.93. The van der Waals surface area contributed by atoms with Gasteiger partial charge in [-0.1, -0.05) is 25.0 Å². The van der Waals surface area contributed by atoms with Crippen molar-refractivity contribution in [3.05, 3.63) is 29.8 Å². The monoisotopic (exact) mass is 320 g/mol. The molecule has 0 aliphatic heterocycles. The molecule has 0 heterocycles. The molecule has 22 heavy (non-hydrogen) atoms. The third-order valence-corrected chi connectivity index (χ3v) is 5.22. The number of hydrogen-bond donors (Lipinski definition) is 1. The van der Waals surface area contributed by atoms with Crippen LogP contribution in [0.25, 0.3) is 0 Å². The maximum absolute atomic E-state index is 11.9. The number of benzene rings is 1. The van der Waals surface area contributed by atoms with Gasteiger partial charge in [0.15, 0.2) is 0 Å². The van der Waals surface area contributed by atoms with Gasteiger partial charge in [0.25, 0.3) is 0 Å². The molecule has 0 unspecified atom stereocenters. The predicted octanol–water partition coefficient (Wildman–Crippen LogP) is 2.93. The average Bonchev–Trinajstić information content (AvgIpc) is 3.00. The zero-order valence-electron chi connectivity index (χ0n) is 13.3. The third kappa shape index (κ3) is 5.37. The standard InChI is InChI=1S/C17H24N2O2S/c1-19(2)17(21)11-13-7-9-14(10-8-13)18-16(20)12-22-15-5-3-4-6-15/h7-10,15H,3-6,11-12H2,1-2H3,(H,18,20). The van der Waals surface area contributed by atoms with E-state index in [1.165, 1.54) is 25.7 Å². The SMILES string of the molecule is CN(C)C(=O)Cc1ccc(NC(=O)CSC2CCCC2)cc1. The summed E-state index contributed by atoms with van der Waals surface area (Å²) in [5.41, 5.74) is 1.75. The Morgan fingerprint density at radius 2 is 1.82 bits per heavy atom. The number of rotatable bonds is 6. The molecule has 0 atom stereocenters. The smallest absolute Gasteiger partial charge is 0.234 e. The number of carbonyl (C=O) groups is 2. The summed E-state index contributed by atoms with van der Waals surface area (Å²) in [6.07, 6.45) is 5.47. The van der Waals surface area contributed by atoms with E-state index in [0.717, 1.165) is 11.3 Å². The van der Waals surface area contributed by atoms with Gasteiger partial charge in [-0.25, -0.2) is 0 Å². The van der Waals surface area contributed by atoms with E-state index in [-0.39, 0.29) is 11.8 Å². The minimum absolute atomic E-state index is 0.0500. The number of hydrogen-bond acceptors (Lipinski definition) is 3. The number of nitrogens with one attached hydrogen (secondary N) is 1. The van der Waals surface area contributed by atoms with Crippen LogP contribution in [-0.4, -0.2) is 41.8 Å². The van der Waals surface area contributed by atoms with Crippen LogP contribution in [-0.2, 0) is 16.0 Å². The Labute approximate surface area is 136 Å². The Bertz CT molecular complexity index is 508. The Balaban J connectivity index is 1.77. The predicted molar refractivity (Wildman–Crippen MR) is 92.2 cm³/mol. The van der Waals surface area contributed by atoms with E-state index in [1.807, 2.05) is 24.3 Å². The van der Waals surface area contributed by atoms with Crippen molar-refractivity contribution in [2.24, 2.45) is 0 Å². The lowest BCUT2D eigenvalue weighted by molar-refractivity contribution is -0.128. The van der Waals surface area contributed by atoms with Gasteiger partial charge in [-0.05, 0) is 30.5 Å². The van der Waals surface area contributed by atoms with E-state index < -0.39 is 0 Å². The normalized spacial score (nSPS) is 14.8. The molecule has 120 valence electrons. The van der Waals surface area contributed by atoms with Gasteiger partial charge in [0, 0.05) is 25.0 Å². The van der Waals surface area contributed by atoms with Gasteiger partial charge in [-0.15, -0.1) is 11.8 Å². The number of amides is 2. The maximum Gasteiger partial charge on any atom is 0.234 e. The molecule has 0 aromatic heterocycles. The van der Waals surface area contributed by atoms with Crippen LogP contribution >= 0.6 is 11.8 Å². The second-order valence-corrected chi connectivity index (χ2v) is 7.22. The summed E-state index contributed by atoms with van der Waals surface area (Å²) in [5, 5.41) is 3.57. The van der Waals surface area contributed by atoms with Crippen LogP contribution in [0.4, 0.5) is 5.69 Å². The van der Waals surface area contributed by atoms with E-state index in [2.05, 4.69) is 5.32 Å². The van der Waals surface area contributed by atoms with Gasteiger partial charge in [0.05, 0.1) is 12.2 Å². The lowest BCUT2D eigenvalue weighted by atomic mass is 10.1. The molecule has 1 aliphatic rings. The van der Waals surface area contributed by atoms with Crippen LogP contribution in [0.3, 0.4) is 0 Å². The molecule has 1 N–H and O–H groups in total. The topological polar surface area (TPSA) is 49.4 Å². The van der Waals surface area contributed by atoms with Gasteiger partial charge in [-0.3, -0.25) is 9.59 Å². The van der Waals surface area contributed by atoms with Crippen molar-refractivity contribution >= 4 is 29.3 Å². The van der Waals surface area contributed by atoms with Crippen molar-refractivity contribution in [1.29, 1.82) is 0 Å². The Kier molecular flexibility index (Phi) is 6.31. The fraction of sp³-hybridized carbons (Fsp3) is 0.529. The van der Waals surface area contributed by atoms with E-state index in [0.29, 0.717) is 17.4 Å². The largest absolute Gasteiger partial charge is 0.349 e. The fourth-order valence-corrected chi connectivity index (χ4v) is 3.61. The number of likely N-dealkylation sites (N-methyl/N-ethyl adjacent to an activating group) is 1. The first-order chi connectivity index (χ1) is 10.5. The molecule has 2 amide bonds. The number of nitrogens with zero attached hydrogens (tertiary/aromatic N) is 1. The Hall–Kier alpha value is -1.49. The lowest BCUT2D eigenvalue weighted by Gasteiger charge is -2.11. The van der Waals surface area contributed by atoms with Crippen LogP contribution in [0.5, 0.6) is 0 Å². The molecule has 0 spiro atoms. The summed E-state index contributed by atoms with van der Waals surface area (Å²) < 4.78 is 0. The molecule has 0 bridgehead atoms. The van der Waals surface area contributed by atoms with Gasteiger partial charge in [0.1, 0.15) is 0 Å². The van der Waals surface area contributed by atoms with Crippen molar-refractivity contribution in [3.63, 3.8) is 0 Å². The molecular formula is C17H24N2O2S. The Morgan fingerprint density at radius 1 is 1.18 bits per heavy atom. The highest BCUT2D eigenvalue weighted by Gasteiger charge is 2.16. The summed E-state index contributed by atoms with van der Waals surface area (Å²) in [4.78, 5) is 25.1. The van der Waals surface area contributed by atoms with Crippen LogP contribution < -0.4 is 5.32 Å². The quantitative estimate of drug-likeness (QED) is 0.877. The van der Waals surface area contributed by atoms with Crippen LogP contribution in [0.2, 0.25) is 0 Å². The van der Waals surface area contributed by atoms with E-state index in [1.54, 1.807) is 30.8 Å². The average molecular weight is 320 g/mol. The molecule has 0 radical (unpaired) electrons. The minimum Gasteiger partial charge on any atom is -0.349 e. The molecule has 2 rings (SSSR count). The Morgan fingerprint density at radius 3 is 2.41 bits per heavy atom. The summed E-state index contributed by atoms with van der Waals surface area (Å²) >= 11 is 1.76. The van der Waals surface area contributed by atoms with Gasteiger partial charge >= 0.3 is 0 Å². The van der Waals surface area contributed by atoms with E-state index >= 15 is 0 Å². The first kappa shape index (κ1) is 16.9. The van der Waals surface area contributed by atoms with Crippen molar-refractivity contribution < 1.29 is 9.59 Å². The zero-order chi connectivity index (χ0) is 15.9. The highest BCUT2D eigenvalue weighted by atomic mass is 32.2. The van der Waals surface area contributed by atoms with E-state index in [9.17, 15) is 9.59 Å². The van der Waals surface area contributed by atoms with Crippen molar-refractivity contribution in [2.75, 3.05) is 25.2 Å². The molecule has 1 aromatic rings. The summed E-state index contributed by atoms with van der Waals surface area (Å²) in [7, 11) is 3.50. The molecule has 5 heteroatoms. The van der Waals surface area contributed by atoms with Crippen molar-refractivity contribution in [2.45, 2.75) is 37.4 Å². The molecule has 1 fully saturated rings. The molecule has 0 saturated heterocycles. The van der Waals surface area contributed by atoms with Gasteiger partial charge in [-0.2, -0.15) is 0 Å². The molecule has 1 aliphatic carbocycles. The first-order valence-electron chi connectivity index (χ1n) is 7.75. The number of thioether (sulfide) groups is 1. The van der Waals surface area contributed by atoms with Gasteiger partial charge in [0.2, 0.25) is 11.8 Å². The minimum atomic E-state index is 0.0500. The van der Waals surface area contributed by atoms with Gasteiger partial charge < -0.3 is 10.2 Å². The highest BCUT2D eigenvalue weighted by Crippen LogP contribution is 2.29. The number of carbonyl (C=O) groups excluding carboxylic acids is 2. The highest BCUT2D eigenvalue weighted by molar-refractivity contribution is 8.00. The lowest BCUT2D eigenvalue weighted by Crippen LogP contribution is -2.23. The molecule has 1 saturated carbocycles. The third-order valence-electron chi connectivity index (χ3n) is 3.84. The first-order valence-corrected chi connectivity index (χ1v) is 8.80. The van der Waals surface area contributed by atoms with Crippen LogP contribution in [0.1, 0.15) is 31.2 Å². The maximum atomic E-state index is 11.9. The van der Waals surface area contributed by atoms with Crippen LogP contribution in [0.15, 0.2) is 24.3 Å². The summed E-state index contributed by atoms with van der Waals surface area (Å²) in [6.45, 7) is 0. The summed E-state index contributed by atoms with van der Waals surface area (Å²) in [6, 6.07) is 7.50. The van der Waals surface area contributed by atoms with E-state index in [4.69, 9.17) is 0 Å². The molecular weight excluding hydrogens is 296 g/mol. The zero-order valence-corrected chi connectivity index (χ0v) is 14.1. The number of anilines is 1. The fourth-order valence-electron chi connectivity index (χ4n) is 2.48. The van der Waals surface area contributed by atoms with Crippen molar-refractivity contribution in [3.8, 4) is 0 Å². The second kappa shape index (κ2) is 8.22.